The van der Waals surface area contributed by atoms with Crippen LogP contribution in [-0.4, -0.2) is 14.7 Å². The van der Waals surface area contributed by atoms with E-state index in [1.807, 2.05) is 37.3 Å². The van der Waals surface area contributed by atoms with E-state index in [1.165, 1.54) is 0 Å². The highest BCUT2D eigenvalue weighted by molar-refractivity contribution is 6.35. The predicted molar refractivity (Wildman–Crippen MR) is 82.3 cm³/mol. The Labute approximate surface area is 122 Å². The standard InChI is InChI=1S/C16H15ClN2O/c1-3-19-15-12(17)7-5-8-13(15)18-16(19)11-6-4-9-14(20)10(11)2/h4-9,20H,3H2,1-2H3. The quantitative estimate of drug-likeness (QED) is 0.759. The van der Waals surface area contributed by atoms with E-state index in [1.54, 1.807) is 6.07 Å². The Hall–Kier alpha value is -2.00. The topological polar surface area (TPSA) is 38.0 Å². The van der Waals surface area contributed by atoms with Crippen molar-refractivity contribution >= 4 is 22.6 Å². The summed E-state index contributed by atoms with van der Waals surface area (Å²) in [7, 11) is 0. The zero-order chi connectivity index (χ0) is 14.3. The Morgan fingerprint density at radius 2 is 1.95 bits per heavy atom. The summed E-state index contributed by atoms with van der Waals surface area (Å²) in [5.41, 5.74) is 3.57. The Morgan fingerprint density at radius 1 is 1.20 bits per heavy atom. The smallest absolute Gasteiger partial charge is 0.141 e. The molecule has 4 heteroatoms. The number of hydrogen-bond acceptors (Lipinski definition) is 2. The molecule has 0 aliphatic rings. The number of aromatic nitrogens is 2. The maximum atomic E-state index is 9.89. The molecule has 2 aromatic carbocycles. The van der Waals surface area contributed by atoms with Gasteiger partial charge in [0, 0.05) is 17.7 Å². The van der Waals surface area contributed by atoms with Crippen LogP contribution in [0, 0.1) is 6.92 Å². The molecule has 1 heterocycles. The third kappa shape index (κ3) is 1.86. The predicted octanol–water partition coefficient (Wildman–Crippen LogP) is 4.39. The average Bonchev–Trinajstić information content (AvgIpc) is 2.81. The van der Waals surface area contributed by atoms with E-state index in [4.69, 9.17) is 11.6 Å². The number of imidazole rings is 1. The maximum absolute atomic E-state index is 9.89. The van der Waals surface area contributed by atoms with Crippen LogP contribution in [0.25, 0.3) is 22.4 Å². The van der Waals surface area contributed by atoms with Gasteiger partial charge in [-0.3, -0.25) is 0 Å². The second-order valence-electron chi connectivity index (χ2n) is 4.74. The fraction of sp³-hybridized carbons (Fsp3) is 0.188. The molecule has 1 N–H and O–H groups in total. The number of aromatic hydroxyl groups is 1. The van der Waals surface area contributed by atoms with E-state index >= 15 is 0 Å². The molecule has 0 fully saturated rings. The van der Waals surface area contributed by atoms with E-state index in [9.17, 15) is 5.11 Å². The highest BCUT2D eigenvalue weighted by Gasteiger charge is 2.16. The normalized spacial score (nSPS) is 11.2. The molecule has 0 unspecified atom stereocenters. The van der Waals surface area contributed by atoms with Crippen LogP contribution in [0.2, 0.25) is 5.02 Å². The Balaban J connectivity index is 2.37. The number of fused-ring (bicyclic) bond motifs is 1. The lowest BCUT2D eigenvalue weighted by molar-refractivity contribution is 0.471. The van der Waals surface area contributed by atoms with E-state index in [-0.39, 0.29) is 5.75 Å². The van der Waals surface area contributed by atoms with Gasteiger partial charge in [-0.25, -0.2) is 4.98 Å². The SMILES string of the molecule is CCn1c(-c2cccc(O)c2C)nc2cccc(Cl)c21. The van der Waals surface area contributed by atoms with Gasteiger partial charge in [0.05, 0.1) is 16.1 Å². The number of benzene rings is 2. The van der Waals surface area contributed by atoms with Gasteiger partial charge in [-0.15, -0.1) is 0 Å². The van der Waals surface area contributed by atoms with Gasteiger partial charge in [-0.2, -0.15) is 0 Å². The van der Waals surface area contributed by atoms with Gasteiger partial charge in [0.2, 0.25) is 0 Å². The lowest BCUT2D eigenvalue weighted by atomic mass is 10.1. The van der Waals surface area contributed by atoms with Crippen LogP contribution >= 0.6 is 11.6 Å². The van der Waals surface area contributed by atoms with E-state index in [2.05, 4.69) is 16.5 Å². The fourth-order valence-electron chi connectivity index (χ4n) is 2.52. The fourth-order valence-corrected chi connectivity index (χ4v) is 2.79. The van der Waals surface area contributed by atoms with Crippen molar-refractivity contribution in [1.29, 1.82) is 0 Å². The first-order chi connectivity index (χ1) is 9.63. The third-order valence-electron chi connectivity index (χ3n) is 3.58. The summed E-state index contributed by atoms with van der Waals surface area (Å²) in [5.74, 6) is 1.12. The van der Waals surface area contributed by atoms with Crippen LogP contribution in [0.5, 0.6) is 5.75 Å². The number of phenolic OH excluding ortho intramolecular Hbond substituents is 1. The van der Waals surface area contributed by atoms with Gasteiger partial charge in [0.1, 0.15) is 11.6 Å². The van der Waals surface area contributed by atoms with Crippen LogP contribution < -0.4 is 0 Å². The van der Waals surface area contributed by atoms with Gasteiger partial charge in [0.25, 0.3) is 0 Å². The number of hydrogen-bond donors (Lipinski definition) is 1. The van der Waals surface area contributed by atoms with Crippen molar-refractivity contribution in [2.24, 2.45) is 0 Å². The van der Waals surface area contributed by atoms with E-state index in [0.717, 1.165) is 34.5 Å². The Kier molecular flexibility index (Phi) is 3.14. The van der Waals surface area contributed by atoms with E-state index < -0.39 is 0 Å². The Bertz CT molecular complexity index is 793. The zero-order valence-electron chi connectivity index (χ0n) is 11.4. The Morgan fingerprint density at radius 3 is 2.70 bits per heavy atom. The van der Waals surface area contributed by atoms with Crippen LogP contribution in [0.4, 0.5) is 0 Å². The number of aryl methyl sites for hydroxylation is 1. The first-order valence-electron chi connectivity index (χ1n) is 6.57. The summed E-state index contributed by atoms with van der Waals surface area (Å²) in [5, 5.41) is 10.6. The first kappa shape index (κ1) is 13.0. The van der Waals surface area contributed by atoms with Gasteiger partial charge >= 0.3 is 0 Å². The van der Waals surface area contributed by atoms with Crippen LogP contribution in [-0.2, 0) is 6.54 Å². The van der Waals surface area contributed by atoms with Crippen molar-refractivity contribution in [2.45, 2.75) is 20.4 Å². The number of phenols is 1. The molecular weight excluding hydrogens is 272 g/mol. The minimum absolute atomic E-state index is 0.281. The first-order valence-corrected chi connectivity index (χ1v) is 6.95. The van der Waals surface area contributed by atoms with Crippen LogP contribution in [0.15, 0.2) is 36.4 Å². The molecule has 0 radical (unpaired) electrons. The minimum Gasteiger partial charge on any atom is -0.508 e. The average molecular weight is 287 g/mol. The van der Waals surface area contributed by atoms with Crippen molar-refractivity contribution in [3.63, 3.8) is 0 Å². The van der Waals surface area contributed by atoms with Crippen molar-refractivity contribution in [3.8, 4) is 17.1 Å². The molecule has 0 saturated carbocycles. The molecule has 3 aromatic rings. The zero-order valence-corrected chi connectivity index (χ0v) is 12.1. The summed E-state index contributed by atoms with van der Waals surface area (Å²) >= 11 is 6.30. The molecular formula is C16H15ClN2O. The molecule has 0 spiro atoms. The number of rotatable bonds is 2. The lowest BCUT2D eigenvalue weighted by Crippen LogP contribution is -1.99. The van der Waals surface area contributed by atoms with Gasteiger partial charge in [-0.1, -0.05) is 29.8 Å². The number of para-hydroxylation sites is 1. The van der Waals surface area contributed by atoms with Crippen molar-refractivity contribution in [2.75, 3.05) is 0 Å². The number of halogens is 1. The molecule has 1 aromatic heterocycles. The second kappa shape index (κ2) is 4.84. The summed E-state index contributed by atoms with van der Waals surface area (Å²) in [6.45, 7) is 4.72. The van der Waals surface area contributed by atoms with Crippen molar-refractivity contribution < 1.29 is 5.11 Å². The van der Waals surface area contributed by atoms with Gasteiger partial charge in [-0.05, 0) is 32.0 Å². The molecule has 3 nitrogen and oxygen atoms in total. The maximum Gasteiger partial charge on any atom is 0.141 e. The number of nitrogens with zero attached hydrogens (tertiary/aromatic N) is 2. The van der Waals surface area contributed by atoms with Crippen molar-refractivity contribution in [3.05, 3.63) is 47.0 Å². The highest BCUT2D eigenvalue weighted by Crippen LogP contribution is 2.33. The molecule has 3 rings (SSSR count). The molecule has 0 saturated heterocycles. The molecule has 0 aliphatic carbocycles. The highest BCUT2D eigenvalue weighted by atomic mass is 35.5. The molecule has 20 heavy (non-hydrogen) atoms. The van der Waals surface area contributed by atoms with E-state index in [0.29, 0.717) is 5.02 Å². The van der Waals surface area contributed by atoms with Crippen LogP contribution in [0.1, 0.15) is 12.5 Å². The summed E-state index contributed by atoms with van der Waals surface area (Å²) < 4.78 is 2.08. The van der Waals surface area contributed by atoms with Crippen molar-refractivity contribution in [1.82, 2.24) is 9.55 Å². The lowest BCUT2D eigenvalue weighted by Gasteiger charge is -2.10. The molecule has 0 aliphatic heterocycles. The minimum atomic E-state index is 0.281. The molecule has 0 amide bonds. The second-order valence-corrected chi connectivity index (χ2v) is 5.14. The summed E-state index contributed by atoms with van der Waals surface area (Å²) in [4.78, 5) is 4.68. The molecule has 102 valence electrons. The largest absolute Gasteiger partial charge is 0.508 e. The van der Waals surface area contributed by atoms with Gasteiger partial charge in [0.15, 0.2) is 0 Å². The van der Waals surface area contributed by atoms with Gasteiger partial charge < -0.3 is 9.67 Å². The summed E-state index contributed by atoms with van der Waals surface area (Å²) in [6.07, 6.45) is 0. The summed E-state index contributed by atoms with van der Waals surface area (Å²) in [6, 6.07) is 11.2. The monoisotopic (exact) mass is 286 g/mol. The molecule has 0 bridgehead atoms. The molecule has 0 atom stereocenters. The third-order valence-corrected chi connectivity index (χ3v) is 3.88. The van der Waals surface area contributed by atoms with Crippen LogP contribution in [0.3, 0.4) is 0 Å².